The Balaban J connectivity index is 1.70. The van der Waals surface area contributed by atoms with Crippen LogP contribution in [0, 0.1) is 6.92 Å². The van der Waals surface area contributed by atoms with Gasteiger partial charge in [-0.25, -0.2) is 9.97 Å². The lowest BCUT2D eigenvalue weighted by atomic mass is 10.2. The average molecular weight is 322 g/mol. The van der Waals surface area contributed by atoms with E-state index in [-0.39, 0.29) is 0 Å². The molecular formula is C18H14N2S2. The second-order valence-corrected chi connectivity index (χ2v) is 7.25. The molecular weight excluding hydrogens is 308 g/mol. The van der Waals surface area contributed by atoms with Gasteiger partial charge in [0.2, 0.25) is 0 Å². The standard InChI is InChI=1S/C18H14N2S2/c1-12-6-8-13(9-7-12)10-21-18-17-16(19-11-20-18)14-4-2-3-5-15(14)22-17/h2-9,11H,10H2,1H3. The molecule has 0 spiro atoms. The molecule has 2 aromatic carbocycles. The van der Waals surface area contributed by atoms with Crippen LogP contribution in [0.4, 0.5) is 0 Å². The van der Waals surface area contributed by atoms with E-state index in [0.29, 0.717) is 0 Å². The molecule has 0 radical (unpaired) electrons. The third-order valence-corrected chi connectivity index (χ3v) is 5.98. The minimum Gasteiger partial charge on any atom is -0.235 e. The summed E-state index contributed by atoms with van der Waals surface area (Å²) >= 11 is 3.56. The van der Waals surface area contributed by atoms with E-state index in [0.717, 1.165) is 16.3 Å². The number of rotatable bonds is 3. The van der Waals surface area contributed by atoms with E-state index in [1.54, 1.807) is 29.4 Å². The molecule has 2 nitrogen and oxygen atoms in total. The molecule has 4 aromatic rings. The molecule has 0 aliphatic carbocycles. The van der Waals surface area contributed by atoms with E-state index < -0.39 is 0 Å². The van der Waals surface area contributed by atoms with Crippen molar-refractivity contribution in [2.75, 3.05) is 0 Å². The normalized spacial score (nSPS) is 11.3. The quantitative estimate of drug-likeness (QED) is 0.371. The van der Waals surface area contributed by atoms with Crippen molar-refractivity contribution < 1.29 is 0 Å². The molecule has 4 heteroatoms. The summed E-state index contributed by atoms with van der Waals surface area (Å²) in [4.78, 5) is 8.98. The van der Waals surface area contributed by atoms with Crippen molar-refractivity contribution in [2.24, 2.45) is 0 Å². The third kappa shape index (κ3) is 2.49. The second kappa shape index (κ2) is 5.71. The van der Waals surface area contributed by atoms with Gasteiger partial charge >= 0.3 is 0 Å². The zero-order valence-electron chi connectivity index (χ0n) is 12.1. The highest BCUT2D eigenvalue weighted by Gasteiger charge is 2.11. The molecule has 2 aromatic heterocycles. The van der Waals surface area contributed by atoms with Crippen LogP contribution in [0.25, 0.3) is 20.3 Å². The maximum atomic E-state index is 4.50. The Morgan fingerprint density at radius 2 is 1.82 bits per heavy atom. The zero-order valence-corrected chi connectivity index (χ0v) is 13.7. The fraction of sp³-hybridized carbons (Fsp3) is 0.111. The summed E-state index contributed by atoms with van der Waals surface area (Å²) in [5, 5.41) is 2.30. The number of hydrogen-bond donors (Lipinski definition) is 0. The molecule has 0 saturated carbocycles. The van der Waals surface area contributed by atoms with Gasteiger partial charge < -0.3 is 0 Å². The van der Waals surface area contributed by atoms with E-state index in [9.17, 15) is 0 Å². The van der Waals surface area contributed by atoms with Crippen LogP contribution in [0.15, 0.2) is 59.9 Å². The van der Waals surface area contributed by atoms with Crippen LogP contribution in [-0.2, 0) is 5.75 Å². The van der Waals surface area contributed by atoms with Crippen molar-refractivity contribution in [2.45, 2.75) is 17.7 Å². The largest absolute Gasteiger partial charge is 0.235 e. The molecule has 108 valence electrons. The molecule has 0 bridgehead atoms. The van der Waals surface area contributed by atoms with Gasteiger partial charge in [0.25, 0.3) is 0 Å². The molecule has 22 heavy (non-hydrogen) atoms. The van der Waals surface area contributed by atoms with E-state index in [1.165, 1.54) is 25.9 Å². The van der Waals surface area contributed by atoms with E-state index in [4.69, 9.17) is 0 Å². The number of benzene rings is 2. The van der Waals surface area contributed by atoms with Crippen molar-refractivity contribution >= 4 is 43.4 Å². The molecule has 0 N–H and O–H groups in total. The van der Waals surface area contributed by atoms with Crippen molar-refractivity contribution in [3.05, 3.63) is 66.0 Å². The molecule has 2 heterocycles. The summed E-state index contributed by atoms with van der Waals surface area (Å²) in [5.41, 5.74) is 3.69. The summed E-state index contributed by atoms with van der Waals surface area (Å²) in [7, 11) is 0. The van der Waals surface area contributed by atoms with Crippen LogP contribution < -0.4 is 0 Å². The molecule has 0 saturated heterocycles. The van der Waals surface area contributed by atoms with Gasteiger partial charge in [0.15, 0.2) is 0 Å². The molecule has 0 fully saturated rings. The van der Waals surface area contributed by atoms with E-state index in [2.05, 4.69) is 65.4 Å². The van der Waals surface area contributed by atoms with Gasteiger partial charge in [0.1, 0.15) is 11.4 Å². The molecule has 0 unspecified atom stereocenters. The second-order valence-electron chi connectivity index (χ2n) is 5.23. The number of thiophene rings is 1. The van der Waals surface area contributed by atoms with Crippen LogP contribution in [0.1, 0.15) is 11.1 Å². The highest BCUT2D eigenvalue weighted by atomic mass is 32.2. The molecule has 0 aliphatic rings. The van der Waals surface area contributed by atoms with Gasteiger partial charge in [-0.1, -0.05) is 48.0 Å². The van der Waals surface area contributed by atoms with Gasteiger partial charge in [0, 0.05) is 15.8 Å². The first-order chi connectivity index (χ1) is 10.8. The maximum absolute atomic E-state index is 4.50. The molecule has 4 rings (SSSR count). The Morgan fingerprint density at radius 3 is 2.68 bits per heavy atom. The number of aromatic nitrogens is 2. The average Bonchev–Trinajstić information content (AvgIpc) is 2.94. The Kier molecular flexibility index (Phi) is 3.56. The summed E-state index contributed by atoms with van der Waals surface area (Å²) in [5.74, 6) is 0.931. The SMILES string of the molecule is Cc1ccc(CSc2ncnc3c2sc2ccccc23)cc1. The van der Waals surface area contributed by atoms with Crippen molar-refractivity contribution in [3.63, 3.8) is 0 Å². The molecule has 0 amide bonds. The minimum atomic E-state index is 0.931. The van der Waals surface area contributed by atoms with Crippen LogP contribution in [0.5, 0.6) is 0 Å². The Hall–Kier alpha value is -1.91. The fourth-order valence-electron chi connectivity index (χ4n) is 2.44. The van der Waals surface area contributed by atoms with Crippen LogP contribution in [0.2, 0.25) is 0 Å². The summed E-state index contributed by atoms with van der Waals surface area (Å²) in [6, 6.07) is 17.1. The van der Waals surface area contributed by atoms with Crippen LogP contribution in [-0.4, -0.2) is 9.97 Å². The smallest absolute Gasteiger partial charge is 0.118 e. The maximum Gasteiger partial charge on any atom is 0.118 e. The lowest BCUT2D eigenvalue weighted by Gasteiger charge is -2.03. The van der Waals surface area contributed by atoms with Crippen LogP contribution >= 0.6 is 23.1 Å². The van der Waals surface area contributed by atoms with Gasteiger partial charge in [-0.15, -0.1) is 23.1 Å². The number of hydrogen-bond acceptors (Lipinski definition) is 4. The van der Waals surface area contributed by atoms with Gasteiger partial charge in [-0.3, -0.25) is 0 Å². The minimum absolute atomic E-state index is 0.931. The van der Waals surface area contributed by atoms with E-state index in [1.807, 2.05) is 0 Å². The number of thioether (sulfide) groups is 1. The topological polar surface area (TPSA) is 25.8 Å². The summed E-state index contributed by atoms with van der Waals surface area (Å²) in [6.07, 6.45) is 1.68. The number of aryl methyl sites for hydroxylation is 1. The first-order valence-corrected chi connectivity index (χ1v) is 8.92. The van der Waals surface area contributed by atoms with Crippen LogP contribution in [0.3, 0.4) is 0 Å². The predicted octanol–water partition coefficient (Wildman–Crippen LogP) is 5.45. The Labute approximate surface area is 137 Å². The summed E-state index contributed by atoms with van der Waals surface area (Å²) in [6.45, 7) is 2.11. The third-order valence-electron chi connectivity index (χ3n) is 3.62. The zero-order chi connectivity index (χ0) is 14.9. The summed E-state index contributed by atoms with van der Waals surface area (Å²) < 4.78 is 2.47. The van der Waals surface area contributed by atoms with Gasteiger partial charge in [-0.2, -0.15) is 0 Å². The van der Waals surface area contributed by atoms with E-state index >= 15 is 0 Å². The number of nitrogens with zero attached hydrogens (tertiary/aromatic N) is 2. The fourth-order valence-corrected chi connectivity index (χ4v) is 4.63. The number of fused-ring (bicyclic) bond motifs is 3. The van der Waals surface area contributed by atoms with Crippen molar-refractivity contribution in [3.8, 4) is 0 Å². The monoisotopic (exact) mass is 322 g/mol. The highest BCUT2D eigenvalue weighted by molar-refractivity contribution is 7.98. The lowest BCUT2D eigenvalue weighted by Crippen LogP contribution is -1.85. The Bertz CT molecular complexity index is 942. The van der Waals surface area contributed by atoms with Crippen molar-refractivity contribution in [1.82, 2.24) is 9.97 Å². The first-order valence-electron chi connectivity index (χ1n) is 7.12. The van der Waals surface area contributed by atoms with Crippen molar-refractivity contribution in [1.29, 1.82) is 0 Å². The molecule has 0 aliphatic heterocycles. The molecule has 0 atom stereocenters. The first kappa shape index (κ1) is 13.7. The van der Waals surface area contributed by atoms with Gasteiger partial charge in [-0.05, 0) is 18.6 Å². The highest BCUT2D eigenvalue weighted by Crippen LogP contribution is 2.37. The predicted molar refractivity (Wildman–Crippen MR) is 95.7 cm³/mol. The Morgan fingerprint density at radius 1 is 1.00 bits per heavy atom. The lowest BCUT2D eigenvalue weighted by molar-refractivity contribution is 1.11. The van der Waals surface area contributed by atoms with Gasteiger partial charge in [0.05, 0.1) is 10.2 Å².